The predicted molar refractivity (Wildman–Crippen MR) is 56.7 cm³/mol. The molecule has 5 heteroatoms. The van der Waals surface area contributed by atoms with Crippen molar-refractivity contribution in [3.8, 4) is 11.5 Å². The zero-order valence-corrected chi connectivity index (χ0v) is 8.77. The van der Waals surface area contributed by atoms with Crippen LogP contribution in [0.2, 0.25) is 0 Å². The Labute approximate surface area is 92.3 Å². The fraction of sp³-hybridized carbons (Fsp3) is 0.273. The summed E-state index contributed by atoms with van der Waals surface area (Å²) < 4.78 is 10.4. The fourth-order valence-electron chi connectivity index (χ4n) is 1.56. The molecule has 0 unspecified atom stereocenters. The number of benzene rings is 1. The highest BCUT2D eigenvalue weighted by atomic mass is 16.5. The molecule has 84 valence electrons. The molecular formula is C11H11NO4. The van der Waals surface area contributed by atoms with E-state index in [0.29, 0.717) is 30.1 Å². The van der Waals surface area contributed by atoms with Crippen molar-refractivity contribution in [1.29, 1.82) is 0 Å². The topological polar surface area (TPSA) is 68.1 Å². The molecule has 5 nitrogen and oxygen atoms in total. The number of ketones is 1. The van der Waals surface area contributed by atoms with Crippen molar-refractivity contribution in [2.24, 2.45) is 5.16 Å². The van der Waals surface area contributed by atoms with E-state index < -0.39 is 0 Å². The van der Waals surface area contributed by atoms with Gasteiger partial charge in [-0.2, -0.15) is 0 Å². The molecule has 0 amide bonds. The Morgan fingerprint density at radius 2 is 2.31 bits per heavy atom. The third-order valence-corrected chi connectivity index (χ3v) is 2.41. The molecule has 1 N–H and O–H groups in total. The van der Waals surface area contributed by atoms with Crippen LogP contribution in [0.25, 0.3) is 0 Å². The van der Waals surface area contributed by atoms with Gasteiger partial charge in [0.15, 0.2) is 0 Å². The summed E-state index contributed by atoms with van der Waals surface area (Å²) in [5.74, 6) is 0.730. The first kappa shape index (κ1) is 10.5. The molecule has 1 aromatic carbocycles. The fourth-order valence-corrected chi connectivity index (χ4v) is 1.56. The molecular weight excluding hydrogens is 210 g/mol. The van der Waals surface area contributed by atoms with Gasteiger partial charge in [0.25, 0.3) is 0 Å². The summed E-state index contributed by atoms with van der Waals surface area (Å²) in [5.41, 5.74) is 0.469. The summed E-state index contributed by atoms with van der Waals surface area (Å²) in [7, 11) is 1.52. The van der Waals surface area contributed by atoms with Crippen molar-refractivity contribution in [2.45, 2.75) is 6.42 Å². The van der Waals surface area contributed by atoms with Gasteiger partial charge in [0.2, 0.25) is 5.78 Å². The number of carbonyl (C=O) groups is 1. The molecule has 16 heavy (non-hydrogen) atoms. The van der Waals surface area contributed by atoms with Gasteiger partial charge in [-0.05, 0) is 18.2 Å². The van der Waals surface area contributed by atoms with Gasteiger partial charge in [-0.3, -0.25) is 4.79 Å². The van der Waals surface area contributed by atoms with E-state index in [9.17, 15) is 4.79 Å². The minimum atomic E-state index is -0.325. The standard InChI is InChI=1S/C11H11NO4/c1-15-7-2-3-10-8(6-7)11(13)9(12-14)4-5-16-10/h2-3,6,14H,4-5H2,1H3/b12-9-. The molecule has 1 heterocycles. The molecule has 0 fully saturated rings. The van der Waals surface area contributed by atoms with E-state index in [2.05, 4.69) is 5.16 Å². The van der Waals surface area contributed by atoms with Crippen LogP contribution < -0.4 is 9.47 Å². The smallest absolute Gasteiger partial charge is 0.214 e. The van der Waals surface area contributed by atoms with Crippen molar-refractivity contribution >= 4 is 11.5 Å². The number of hydrogen-bond acceptors (Lipinski definition) is 5. The zero-order valence-electron chi connectivity index (χ0n) is 8.77. The maximum atomic E-state index is 11.9. The molecule has 0 saturated heterocycles. The normalized spacial score (nSPS) is 17.6. The molecule has 0 atom stereocenters. The SMILES string of the molecule is COc1ccc2c(c1)C(=O)/C(=N\O)CCO2. The molecule has 2 rings (SSSR count). The average molecular weight is 221 g/mol. The van der Waals surface area contributed by atoms with Crippen molar-refractivity contribution in [2.75, 3.05) is 13.7 Å². The van der Waals surface area contributed by atoms with Crippen LogP contribution in [-0.4, -0.2) is 30.4 Å². The van der Waals surface area contributed by atoms with Crippen LogP contribution in [0, 0.1) is 0 Å². The number of hydrogen-bond donors (Lipinski definition) is 1. The number of ether oxygens (including phenoxy) is 2. The van der Waals surface area contributed by atoms with Crippen molar-refractivity contribution in [3.63, 3.8) is 0 Å². The highest BCUT2D eigenvalue weighted by molar-refractivity contribution is 6.46. The summed E-state index contributed by atoms with van der Waals surface area (Å²) >= 11 is 0. The van der Waals surface area contributed by atoms with Crippen molar-refractivity contribution in [1.82, 2.24) is 0 Å². The average Bonchev–Trinajstić information content (AvgIpc) is 2.48. The quantitative estimate of drug-likeness (QED) is 0.576. The lowest BCUT2D eigenvalue weighted by Gasteiger charge is -2.07. The predicted octanol–water partition coefficient (Wildman–Crippen LogP) is 1.49. The molecule has 0 aromatic heterocycles. The molecule has 0 bridgehead atoms. The first-order chi connectivity index (χ1) is 7.76. The third-order valence-electron chi connectivity index (χ3n) is 2.41. The summed E-state index contributed by atoms with van der Waals surface area (Å²) in [6.45, 7) is 0.324. The van der Waals surface area contributed by atoms with Gasteiger partial charge in [0.05, 0.1) is 19.3 Å². The third kappa shape index (κ3) is 1.71. The Bertz CT molecular complexity index is 453. The molecule has 1 aromatic rings. The van der Waals surface area contributed by atoms with Crippen molar-refractivity contribution < 1.29 is 19.5 Å². The van der Waals surface area contributed by atoms with Gasteiger partial charge >= 0.3 is 0 Å². The van der Waals surface area contributed by atoms with E-state index in [-0.39, 0.29) is 11.5 Å². The lowest BCUT2D eigenvalue weighted by atomic mass is 10.0. The van der Waals surface area contributed by atoms with E-state index in [0.717, 1.165) is 0 Å². The summed E-state index contributed by atoms with van der Waals surface area (Å²) in [4.78, 5) is 11.9. The first-order valence-electron chi connectivity index (χ1n) is 4.82. The highest BCUT2D eigenvalue weighted by Crippen LogP contribution is 2.27. The van der Waals surface area contributed by atoms with Gasteiger partial charge < -0.3 is 14.7 Å². The molecule has 0 saturated carbocycles. The molecule has 0 radical (unpaired) electrons. The second kappa shape index (κ2) is 4.22. The molecule has 1 aliphatic rings. The van der Waals surface area contributed by atoms with Crippen LogP contribution in [-0.2, 0) is 0 Å². The van der Waals surface area contributed by atoms with E-state index in [1.54, 1.807) is 18.2 Å². The van der Waals surface area contributed by atoms with E-state index in [1.165, 1.54) is 7.11 Å². The maximum Gasteiger partial charge on any atom is 0.214 e. The monoisotopic (exact) mass is 221 g/mol. The number of carbonyl (C=O) groups excluding carboxylic acids is 1. The second-order valence-corrected chi connectivity index (χ2v) is 3.34. The summed E-state index contributed by atoms with van der Waals surface area (Å²) in [5, 5.41) is 11.7. The molecule has 1 aliphatic heterocycles. The van der Waals surface area contributed by atoms with Crippen LogP contribution in [0.1, 0.15) is 16.8 Å². The highest BCUT2D eigenvalue weighted by Gasteiger charge is 2.23. The number of fused-ring (bicyclic) bond motifs is 1. The summed E-state index contributed by atoms with van der Waals surface area (Å²) in [6.07, 6.45) is 0.298. The van der Waals surface area contributed by atoms with E-state index >= 15 is 0 Å². The van der Waals surface area contributed by atoms with Gasteiger partial charge in [0, 0.05) is 6.42 Å². The Kier molecular flexibility index (Phi) is 2.76. The van der Waals surface area contributed by atoms with Gasteiger partial charge in [-0.1, -0.05) is 5.16 Å². The molecule has 0 aliphatic carbocycles. The second-order valence-electron chi connectivity index (χ2n) is 3.34. The number of rotatable bonds is 1. The van der Waals surface area contributed by atoms with Crippen LogP contribution in [0.5, 0.6) is 11.5 Å². The number of oxime groups is 1. The van der Waals surface area contributed by atoms with Crippen LogP contribution in [0.3, 0.4) is 0 Å². The largest absolute Gasteiger partial charge is 0.497 e. The van der Waals surface area contributed by atoms with Crippen molar-refractivity contribution in [3.05, 3.63) is 23.8 Å². The number of nitrogens with zero attached hydrogens (tertiary/aromatic N) is 1. The first-order valence-corrected chi connectivity index (χ1v) is 4.82. The zero-order chi connectivity index (χ0) is 11.5. The lowest BCUT2D eigenvalue weighted by Crippen LogP contribution is -2.13. The van der Waals surface area contributed by atoms with Crippen LogP contribution >= 0.6 is 0 Å². The van der Waals surface area contributed by atoms with Gasteiger partial charge in [-0.25, -0.2) is 0 Å². The Morgan fingerprint density at radius 3 is 3.00 bits per heavy atom. The molecule has 0 spiro atoms. The van der Waals surface area contributed by atoms with Crippen LogP contribution in [0.15, 0.2) is 23.4 Å². The minimum Gasteiger partial charge on any atom is -0.497 e. The Balaban J connectivity index is 2.50. The minimum absolute atomic E-state index is 0.104. The summed E-state index contributed by atoms with van der Waals surface area (Å²) in [6, 6.07) is 4.97. The Morgan fingerprint density at radius 1 is 1.50 bits per heavy atom. The maximum absolute atomic E-state index is 11.9. The van der Waals surface area contributed by atoms with E-state index in [1.807, 2.05) is 0 Å². The Hall–Kier alpha value is -2.04. The van der Waals surface area contributed by atoms with Crippen LogP contribution in [0.4, 0.5) is 0 Å². The van der Waals surface area contributed by atoms with Gasteiger partial charge in [0.1, 0.15) is 17.2 Å². The van der Waals surface area contributed by atoms with Gasteiger partial charge in [-0.15, -0.1) is 0 Å². The number of Topliss-reactive ketones (excluding diaryl/α,β-unsaturated/α-hetero) is 1. The lowest BCUT2D eigenvalue weighted by molar-refractivity contribution is 0.106. The number of methoxy groups -OCH3 is 1. The van der Waals surface area contributed by atoms with E-state index in [4.69, 9.17) is 14.7 Å².